The van der Waals surface area contributed by atoms with E-state index in [1.165, 1.54) is 0 Å². The SMILES string of the molecule is CC1(C)C(CO)CCN1c1cccc(C#N)c1. The normalized spacial score (nSPS) is 22.5. The molecule has 2 rings (SSSR count). The molecule has 1 heterocycles. The van der Waals surface area contributed by atoms with Gasteiger partial charge in [0.25, 0.3) is 0 Å². The molecule has 0 spiro atoms. The monoisotopic (exact) mass is 230 g/mol. The van der Waals surface area contributed by atoms with Crippen LogP contribution in [-0.2, 0) is 0 Å². The van der Waals surface area contributed by atoms with Crippen LogP contribution in [0.3, 0.4) is 0 Å². The van der Waals surface area contributed by atoms with E-state index in [0.717, 1.165) is 18.7 Å². The number of nitriles is 1. The highest BCUT2D eigenvalue weighted by Gasteiger charge is 2.40. The van der Waals surface area contributed by atoms with Gasteiger partial charge in [-0.3, -0.25) is 0 Å². The first kappa shape index (κ1) is 11.9. The Hall–Kier alpha value is -1.53. The third-order valence-electron chi connectivity index (χ3n) is 3.90. The van der Waals surface area contributed by atoms with Gasteiger partial charge in [-0.25, -0.2) is 0 Å². The van der Waals surface area contributed by atoms with Crippen molar-refractivity contribution < 1.29 is 5.11 Å². The summed E-state index contributed by atoms with van der Waals surface area (Å²) in [6, 6.07) is 9.84. The molecule has 0 aliphatic carbocycles. The zero-order valence-corrected chi connectivity index (χ0v) is 10.3. The minimum atomic E-state index is -0.0527. The molecule has 1 aromatic carbocycles. The van der Waals surface area contributed by atoms with E-state index < -0.39 is 0 Å². The maximum absolute atomic E-state index is 9.39. The van der Waals surface area contributed by atoms with Crippen LogP contribution in [-0.4, -0.2) is 23.8 Å². The van der Waals surface area contributed by atoms with Gasteiger partial charge in [0, 0.05) is 30.3 Å². The van der Waals surface area contributed by atoms with Crippen LogP contribution < -0.4 is 4.90 Å². The van der Waals surface area contributed by atoms with Gasteiger partial charge in [-0.15, -0.1) is 0 Å². The van der Waals surface area contributed by atoms with Gasteiger partial charge >= 0.3 is 0 Å². The highest BCUT2D eigenvalue weighted by atomic mass is 16.3. The molecule has 1 fully saturated rings. The molecule has 0 aromatic heterocycles. The molecule has 1 atom stereocenters. The van der Waals surface area contributed by atoms with Crippen molar-refractivity contribution in [3.63, 3.8) is 0 Å². The van der Waals surface area contributed by atoms with Crippen LogP contribution in [0.15, 0.2) is 24.3 Å². The number of hydrogen-bond acceptors (Lipinski definition) is 3. The van der Waals surface area contributed by atoms with Gasteiger partial charge in [0.05, 0.1) is 11.6 Å². The number of rotatable bonds is 2. The third-order valence-corrected chi connectivity index (χ3v) is 3.90. The van der Waals surface area contributed by atoms with Crippen LogP contribution in [0.5, 0.6) is 0 Å². The van der Waals surface area contributed by atoms with Crippen LogP contribution >= 0.6 is 0 Å². The summed E-state index contributed by atoms with van der Waals surface area (Å²) in [6.45, 7) is 5.47. The lowest BCUT2D eigenvalue weighted by molar-refractivity contribution is 0.189. The van der Waals surface area contributed by atoms with E-state index in [0.29, 0.717) is 11.5 Å². The van der Waals surface area contributed by atoms with Gasteiger partial charge < -0.3 is 10.0 Å². The van der Waals surface area contributed by atoms with Crippen molar-refractivity contribution in [1.29, 1.82) is 5.26 Å². The van der Waals surface area contributed by atoms with Crippen molar-refractivity contribution in [3.05, 3.63) is 29.8 Å². The predicted octanol–water partition coefficient (Wildman–Crippen LogP) is 2.16. The second-order valence-electron chi connectivity index (χ2n) is 5.14. The Balaban J connectivity index is 2.32. The topological polar surface area (TPSA) is 47.3 Å². The second-order valence-corrected chi connectivity index (χ2v) is 5.14. The molecule has 1 aliphatic rings. The van der Waals surface area contributed by atoms with E-state index in [4.69, 9.17) is 5.26 Å². The van der Waals surface area contributed by atoms with Crippen LogP contribution in [0.2, 0.25) is 0 Å². The van der Waals surface area contributed by atoms with Crippen LogP contribution in [0.1, 0.15) is 25.8 Å². The summed E-state index contributed by atoms with van der Waals surface area (Å²) < 4.78 is 0. The Morgan fingerprint density at radius 3 is 2.88 bits per heavy atom. The average molecular weight is 230 g/mol. The molecule has 90 valence electrons. The van der Waals surface area contributed by atoms with Gasteiger partial charge in [0.1, 0.15) is 0 Å². The molecule has 0 saturated carbocycles. The zero-order valence-electron chi connectivity index (χ0n) is 10.3. The lowest BCUT2D eigenvalue weighted by Crippen LogP contribution is -2.43. The summed E-state index contributed by atoms with van der Waals surface area (Å²) in [5.74, 6) is 0.299. The zero-order chi connectivity index (χ0) is 12.5. The molecule has 3 nitrogen and oxygen atoms in total. The lowest BCUT2D eigenvalue weighted by Gasteiger charge is -2.37. The molecule has 1 saturated heterocycles. The van der Waals surface area contributed by atoms with Gasteiger partial charge in [-0.2, -0.15) is 5.26 Å². The van der Waals surface area contributed by atoms with Gasteiger partial charge in [0.2, 0.25) is 0 Å². The molecule has 3 heteroatoms. The largest absolute Gasteiger partial charge is 0.396 e. The van der Waals surface area contributed by atoms with E-state index in [1.807, 2.05) is 24.3 Å². The first-order chi connectivity index (χ1) is 8.09. The smallest absolute Gasteiger partial charge is 0.0992 e. The lowest BCUT2D eigenvalue weighted by atomic mass is 9.89. The first-order valence-corrected chi connectivity index (χ1v) is 5.98. The number of benzene rings is 1. The minimum absolute atomic E-state index is 0.0527. The summed E-state index contributed by atoms with van der Waals surface area (Å²) in [5, 5.41) is 18.3. The Kier molecular flexibility index (Phi) is 3.08. The van der Waals surface area contributed by atoms with E-state index in [9.17, 15) is 5.11 Å². The van der Waals surface area contributed by atoms with Crippen LogP contribution in [0, 0.1) is 17.2 Å². The van der Waals surface area contributed by atoms with E-state index in [-0.39, 0.29) is 12.1 Å². The van der Waals surface area contributed by atoms with Crippen molar-refractivity contribution in [2.24, 2.45) is 5.92 Å². The highest BCUT2D eigenvalue weighted by molar-refractivity contribution is 5.54. The van der Waals surface area contributed by atoms with Crippen molar-refractivity contribution >= 4 is 5.69 Å². The van der Waals surface area contributed by atoms with Crippen molar-refractivity contribution in [1.82, 2.24) is 0 Å². The molecule has 17 heavy (non-hydrogen) atoms. The van der Waals surface area contributed by atoms with Crippen LogP contribution in [0.25, 0.3) is 0 Å². The fourth-order valence-electron chi connectivity index (χ4n) is 2.67. The van der Waals surface area contributed by atoms with Crippen molar-refractivity contribution in [2.45, 2.75) is 25.8 Å². The van der Waals surface area contributed by atoms with E-state index in [2.05, 4.69) is 24.8 Å². The summed E-state index contributed by atoms with van der Waals surface area (Å²) in [7, 11) is 0. The Morgan fingerprint density at radius 1 is 1.53 bits per heavy atom. The van der Waals surface area contributed by atoms with Crippen molar-refractivity contribution in [3.8, 4) is 6.07 Å². The predicted molar refractivity (Wildman–Crippen MR) is 67.8 cm³/mol. The quantitative estimate of drug-likeness (QED) is 0.847. The molecule has 1 unspecified atom stereocenters. The number of aliphatic hydroxyl groups is 1. The summed E-state index contributed by atoms with van der Waals surface area (Å²) in [4.78, 5) is 2.29. The standard InChI is InChI=1S/C14H18N2O/c1-14(2)12(10-17)6-7-16(14)13-5-3-4-11(8-13)9-15/h3-5,8,12,17H,6-7,10H2,1-2H3. The van der Waals surface area contributed by atoms with Crippen molar-refractivity contribution in [2.75, 3.05) is 18.1 Å². The van der Waals surface area contributed by atoms with Gasteiger partial charge in [0.15, 0.2) is 0 Å². The maximum atomic E-state index is 9.39. The molecular formula is C14H18N2O. The molecule has 1 aromatic rings. The third kappa shape index (κ3) is 2.01. The van der Waals surface area contributed by atoms with Crippen LogP contribution in [0.4, 0.5) is 5.69 Å². The van der Waals surface area contributed by atoms with Gasteiger partial charge in [-0.05, 0) is 38.5 Å². The number of aliphatic hydroxyl groups excluding tert-OH is 1. The fourth-order valence-corrected chi connectivity index (χ4v) is 2.67. The number of hydrogen-bond donors (Lipinski definition) is 1. The second kappa shape index (κ2) is 4.38. The first-order valence-electron chi connectivity index (χ1n) is 5.98. The Labute approximate surface area is 102 Å². The Morgan fingerprint density at radius 2 is 2.29 bits per heavy atom. The number of anilines is 1. The molecule has 0 bridgehead atoms. The molecular weight excluding hydrogens is 212 g/mol. The van der Waals surface area contributed by atoms with E-state index >= 15 is 0 Å². The molecule has 0 amide bonds. The number of nitrogens with zero attached hydrogens (tertiary/aromatic N) is 2. The summed E-state index contributed by atoms with van der Waals surface area (Å²) in [6.07, 6.45) is 1.00. The fraction of sp³-hybridized carbons (Fsp3) is 0.500. The maximum Gasteiger partial charge on any atom is 0.0992 e. The molecule has 0 radical (unpaired) electrons. The average Bonchev–Trinajstić information content (AvgIpc) is 2.64. The molecule has 1 N–H and O–H groups in total. The minimum Gasteiger partial charge on any atom is -0.396 e. The summed E-state index contributed by atoms with van der Waals surface area (Å²) >= 11 is 0. The highest BCUT2D eigenvalue weighted by Crippen LogP contribution is 2.38. The summed E-state index contributed by atoms with van der Waals surface area (Å²) in [5.41, 5.74) is 1.71. The molecule has 1 aliphatic heterocycles. The van der Waals surface area contributed by atoms with E-state index in [1.54, 1.807) is 0 Å². The van der Waals surface area contributed by atoms with Gasteiger partial charge in [-0.1, -0.05) is 6.07 Å². The Bertz CT molecular complexity index is 448.